The van der Waals surface area contributed by atoms with Crippen molar-refractivity contribution in [2.75, 3.05) is 25.3 Å². The molecule has 0 amide bonds. The minimum atomic E-state index is -3.50. The topological polar surface area (TPSA) is 94.8 Å². The predicted molar refractivity (Wildman–Crippen MR) is 113 cm³/mol. The minimum absolute atomic E-state index is 0.0202. The van der Waals surface area contributed by atoms with Gasteiger partial charge in [-0.3, -0.25) is 4.18 Å². The van der Waals surface area contributed by atoms with Gasteiger partial charge in [-0.15, -0.1) is 0 Å². The van der Waals surface area contributed by atoms with Gasteiger partial charge in [-0.25, -0.2) is 4.98 Å². The molecule has 2 heterocycles. The first-order valence-corrected chi connectivity index (χ1v) is 11.0. The number of anilines is 1. The number of hydrogen-bond donors (Lipinski definition) is 1. The molecule has 0 saturated carbocycles. The Balaban J connectivity index is 2.04. The molecule has 3 rings (SSSR count). The van der Waals surface area contributed by atoms with Crippen molar-refractivity contribution in [3.05, 3.63) is 41.2 Å². The standard InChI is InChI=1S/C20H26N4O4S/c1-12-9-16(27-5)7-8-17(12)19-15(4)23-24-18(10-13(2)22-20(19)24)21-14(3)11-28-29(6,25)26/h7-10,14,21H,11H2,1-6H3/t14-/m1/s1. The molecule has 29 heavy (non-hydrogen) atoms. The summed E-state index contributed by atoms with van der Waals surface area (Å²) in [5, 5.41) is 7.95. The van der Waals surface area contributed by atoms with Gasteiger partial charge in [0.15, 0.2) is 5.65 Å². The Morgan fingerprint density at radius 1 is 1.21 bits per heavy atom. The van der Waals surface area contributed by atoms with Crippen molar-refractivity contribution in [3.63, 3.8) is 0 Å². The minimum Gasteiger partial charge on any atom is -0.497 e. The first-order valence-electron chi connectivity index (χ1n) is 9.22. The molecular weight excluding hydrogens is 392 g/mol. The fourth-order valence-electron chi connectivity index (χ4n) is 3.23. The van der Waals surface area contributed by atoms with E-state index in [0.29, 0.717) is 0 Å². The van der Waals surface area contributed by atoms with Crippen molar-refractivity contribution < 1.29 is 17.3 Å². The molecule has 9 heteroatoms. The number of aryl methyl sites for hydroxylation is 3. The van der Waals surface area contributed by atoms with Crippen molar-refractivity contribution in [2.24, 2.45) is 0 Å². The molecule has 0 saturated heterocycles. The molecule has 3 aromatic rings. The van der Waals surface area contributed by atoms with Gasteiger partial charge in [-0.05, 0) is 51.0 Å². The number of ether oxygens (including phenoxy) is 1. The van der Waals surface area contributed by atoms with Crippen LogP contribution >= 0.6 is 0 Å². The van der Waals surface area contributed by atoms with Crippen LogP contribution in [0.1, 0.15) is 23.9 Å². The first kappa shape index (κ1) is 21.1. The highest BCUT2D eigenvalue weighted by atomic mass is 32.2. The second-order valence-electron chi connectivity index (χ2n) is 7.19. The van der Waals surface area contributed by atoms with Crippen LogP contribution in [0.2, 0.25) is 0 Å². The molecule has 0 aliphatic carbocycles. The van der Waals surface area contributed by atoms with Gasteiger partial charge in [0.2, 0.25) is 0 Å². The molecule has 2 aromatic heterocycles. The van der Waals surface area contributed by atoms with Gasteiger partial charge in [0.05, 0.1) is 25.7 Å². The number of hydrogen-bond acceptors (Lipinski definition) is 7. The second-order valence-corrected chi connectivity index (χ2v) is 8.84. The predicted octanol–water partition coefficient (Wildman–Crippen LogP) is 3.11. The maximum Gasteiger partial charge on any atom is 0.264 e. The van der Waals surface area contributed by atoms with Crippen molar-refractivity contribution in [3.8, 4) is 16.9 Å². The van der Waals surface area contributed by atoms with Crippen molar-refractivity contribution in [2.45, 2.75) is 33.7 Å². The molecule has 0 aliphatic heterocycles. The van der Waals surface area contributed by atoms with Gasteiger partial charge >= 0.3 is 0 Å². The summed E-state index contributed by atoms with van der Waals surface area (Å²) in [5.41, 5.74) is 5.46. The summed E-state index contributed by atoms with van der Waals surface area (Å²) < 4.78 is 34.5. The van der Waals surface area contributed by atoms with E-state index in [2.05, 4.69) is 10.4 Å². The average molecular weight is 419 g/mol. The Bertz CT molecular complexity index is 1150. The Labute approximate surface area is 171 Å². The first-order chi connectivity index (χ1) is 13.6. The average Bonchev–Trinajstić information content (AvgIpc) is 2.95. The number of fused-ring (bicyclic) bond motifs is 1. The van der Waals surface area contributed by atoms with Gasteiger partial charge in [0.1, 0.15) is 11.6 Å². The van der Waals surface area contributed by atoms with Gasteiger partial charge < -0.3 is 10.1 Å². The van der Waals surface area contributed by atoms with E-state index in [1.54, 1.807) is 11.6 Å². The van der Waals surface area contributed by atoms with Crippen LogP contribution in [0.25, 0.3) is 16.8 Å². The number of nitrogens with one attached hydrogen (secondary N) is 1. The van der Waals surface area contributed by atoms with E-state index < -0.39 is 10.1 Å². The van der Waals surface area contributed by atoms with Gasteiger partial charge in [0.25, 0.3) is 10.1 Å². The lowest BCUT2D eigenvalue weighted by Crippen LogP contribution is -2.25. The van der Waals surface area contributed by atoms with Gasteiger partial charge in [-0.1, -0.05) is 6.07 Å². The highest BCUT2D eigenvalue weighted by Crippen LogP contribution is 2.33. The molecule has 1 atom stereocenters. The maximum atomic E-state index is 11.3. The summed E-state index contributed by atoms with van der Waals surface area (Å²) in [6.07, 6.45) is 1.04. The lowest BCUT2D eigenvalue weighted by molar-refractivity contribution is 0.309. The van der Waals surface area contributed by atoms with Crippen LogP contribution in [0, 0.1) is 20.8 Å². The number of rotatable bonds is 7. The Morgan fingerprint density at radius 2 is 1.93 bits per heavy atom. The quantitative estimate of drug-likeness (QED) is 0.589. The number of methoxy groups -OCH3 is 1. The third kappa shape index (κ3) is 4.68. The van der Waals surface area contributed by atoms with Crippen LogP contribution in [0.5, 0.6) is 5.75 Å². The molecule has 0 fully saturated rings. The van der Waals surface area contributed by atoms with E-state index in [1.165, 1.54) is 0 Å². The van der Waals surface area contributed by atoms with Gasteiger partial charge in [0, 0.05) is 23.4 Å². The zero-order valence-electron chi connectivity index (χ0n) is 17.5. The Hall–Kier alpha value is -2.65. The molecule has 8 nitrogen and oxygen atoms in total. The number of nitrogens with zero attached hydrogens (tertiary/aromatic N) is 3. The van der Waals surface area contributed by atoms with Crippen molar-refractivity contribution in [1.29, 1.82) is 0 Å². The van der Waals surface area contributed by atoms with E-state index in [0.717, 1.165) is 51.5 Å². The van der Waals surface area contributed by atoms with Crippen molar-refractivity contribution >= 4 is 21.6 Å². The van der Waals surface area contributed by atoms with E-state index in [1.807, 2.05) is 52.0 Å². The molecule has 0 bridgehead atoms. The maximum absolute atomic E-state index is 11.3. The number of aromatic nitrogens is 3. The highest BCUT2D eigenvalue weighted by Gasteiger charge is 2.19. The van der Waals surface area contributed by atoms with Crippen LogP contribution in [0.3, 0.4) is 0 Å². The fraction of sp³-hybridized carbons (Fsp3) is 0.400. The smallest absolute Gasteiger partial charge is 0.264 e. The van der Waals surface area contributed by atoms with Crippen LogP contribution in [0.15, 0.2) is 24.3 Å². The van der Waals surface area contributed by atoms with E-state index in [-0.39, 0.29) is 12.6 Å². The Morgan fingerprint density at radius 3 is 2.55 bits per heavy atom. The van der Waals surface area contributed by atoms with Crippen LogP contribution < -0.4 is 10.1 Å². The zero-order valence-corrected chi connectivity index (χ0v) is 18.3. The molecule has 0 unspecified atom stereocenters. The Kier molecular flexibility index (Phi) is 5.81. The molecule has 0 aliphatic rings. The summed E-state index contributed by atoms with van der Waals surface area (Å²) in [4.78, 5) is 4.71. The molecule has 1 aromatic carbocycles. The molecule has 0 radical (unpaired) electrons. The third-order valence-corrected chi connectivity index (χ3v) is 5.09. The second kappa shape index (κ2) is 8.00. The van der Waals surface area contributed by atoms with Crippen molar-refractivity contribution in [1.82, 2.24) is 14.6 Å². The van der Waals surface area contributed by atoms with E-state index in [4.69, 9.17) is 13.9 Å². The largest absolute Gasteiger partial charge is 0.497 e. The van der Waals surface area contributed by atoms with Crippen LogP contribution in [0.4, 0.5) is 5.82 Å². The lowest BCUT2D eigenvalue weighted by Gasteiger charge is -2.16. The molecule has 1 N–H and O–H groups in total. The van der Waals surface area contributed by atoms with Gasteiger partial charge in [-0.2, -0.15) is 18.0 Å². The summed E-state index contributed by atoms with van der Waals surface area (Å²) in [6, 6.07) is 7.55. The summed E-state index contributed by atoms with van der Waals surface area (Å²) in [6.45, 7) is 7.75. The monoisotopic (exact) mass is 418 g/mol. The third-order valence-electron chi connectivity index (χ3n) is 4.52. The molecular formula is C20H26N4O4S. The highest BCUT2D eigenvalue weighted by molar-refractivity contribution is 7.85. The summed E-state index contributed by atoms with van der Waals surface area (Å²) in [7, 11) is -1.85. The normalized spacial score (nSPS) is 12.9. The van der Waals surface area contributed by atoms with E-state index >= 15 is 0 Å². The fourth-order valence-corrected chi connectivity index (χ4v) is 3.68. The van der Waals surface area contributed by atoms with Crippen LogP contribution in [-0.2, 0) is 14.3 Å². The molecule has 156 valence electrons. The number of benzene rings is 1. The zero-order chi connectivity index (χ0) is 21.3. The SMILES string of the molecule is COc1ccc(-c2c(C)nn3c(N[C@H](C)COS(C)(=O)=O)cc(C)nc23)c(C)c1. The summed E-state index contributed by atoms with van der Waals surface area (Å²) in [5.74, 6) is 1.52. The summed E-state index contributed by atoms with van der Waals surface area (Å²) >= 11 is 0. The van der Waals surface area contributed by atoms with E-state index in [9.17, 15) is 8.42 Å². The lowest BCUT2D eigenvalue weighted by atomic mass is 10.0. The van der Waals surface area contributed by atoms with Crippen LogP contribution in [-0.4, -0.2) is 49.0 Å². The molecule has 0 spiro atoms.